The molecule has 0 radical (unpaired) electrons. The lowest BCUT2D eigenvalue weighted by molar-refractivity contribution is 0.237. The lowest BCUT2D eigenvalue weighted by atomic mass is 10.3. The molecule has 0 unspecified atom stereocenters. The van der Waals surface area contributed by atoms with E-state index in [0.29, 0.717) is 0 Å². The van der Waals surface area contributed by atoms with Crippen LogP contribution in [0.3, 0.4) is 0 Å². The molecule has 0 N–H and O–H groups in total. The Kier molecular flexibility index (Phi) is 2.13. The zero-order valence-electron chi connectivity index (χ0n) is 7.42. The number of hydrogen-bond acceptors (Lipinski definition) is 2. The van der Waals surface area contributed by atoms with E-state index in [4.69, 9.17) is 0 Å². The average Bonchev–Trinajstić information content (AvgIpc) is 2.00. The molecular formula is C7H7F5O2S. The summed E-state index contributed by atoms with van der Waals surface area (Å²) < 4.78 is 67.0. The van der Waals surface area contributed by atoms with E-state index in [2.05, 4.69) is 8.92 Å². The molecule has 88 valence electrons. The van der Waals surface area contributed by atoms with Crippen LogP contribution in [0.4, 0.5) is 19.4 Å². The van der Waals surface area contributed by atoms with Crippen molar-refractivity contribution < 1.29 is 28.3 Å². The highest BCUT2D eigenvalue weighted by Gasteiger charge is 2.67. The van der Waals surface area contributed by atoms with Gasteiger partial charge in [0.25, 0.3) is 0 Å². The molecule has 0 spiro atoms. The van der Waals surface area contributed by atoms with Gasteiger partial charge in [0.05, 0.1) is 7.11 Å². The predicted molar refractivity (Wildman–Crippen MR) is 46.8 cm³/mol. The van der Waals surface area contributed by atoms with E-state index in [1.807, 2.05) is 0 Å². The Morgan fingerprint density at radius 3 is 1.80 bits per heavy atom. The molecule has 1 rings (SSSR count). The fraction of sp³-hybridized carbons (Fsp3) is 0.143. The third-order valence-corrected chi connectivity index (χ3v) is 1.81. The first-order chi connectivity index (χ1) is 6.50. The summed E-state index contributed by atoms with van der Waals surface area (Å²) in [5.41, 5.74) is 0. The lowest BCUT2D eigenvalue weighted by Crippen LogP contribution is -2.14. The molecule has 0 aliphatic carbocycles. The molecular weight excluding hydrogens is 243 g/mol. The van der Waals surface area contributed by atoms with Crippen molar-refractivity contribution >= 4 is 10.5 Å². The minimum atomic E-state index is -9.92. The number of para-hydroxylation sites is 2. The molecule has 0 aromatic heterocycles. The summed E-state index contributed by atoms with van der Waals surface area (Å²) in [6, 6.07) is 4.29. The van der Waals surface area contributed by atoms with Crippen molar-refractivity contribution in [2.75, 3.05) is 7.11 Å². The summed E-state index contributed by atoms with van der Waals surface area (Å²) in [5.74, 6) is -1.47. The van der Waals surface area contributed by atoms with Crippen molar-refractivity contribution in [2.24, 2.45) is 0 Å². The van der Waals surface area contributed by atoms with Crippen molar-refractivity contribution in [3.8, 4) is 11.5 Å². The molecule has 0 heterocycles. The van der Waals surface area contributed by atoms with Gasteiger partial charge in [-0.1, -0.05) is 31.6 Å². The topological polar surface area (TPSA) is 18.5 Å². The van der Waals surface area contributed by atoms with Gasteiger partial charge < -0.3 is 8.92 Å². The normalized spacial score (nSPS) is 16.4. The van der Waals surface area contributed by atoms with Crippen molar-refractivity contribution in [3.63, 3.8) is 0 Å². The van der Waals surface area contributed by atoms with Gasteiger partial charge in [0, 0.05) is 0 Å². The molecule has 1 aromatic carbocycles. The van der Waals surface area contributed by atoms with E-state index in [-0.39, 0.29) is 0 Å². The van der Waals surface area contributed by atoms with Crippen molar-refractivity contribution in [2.45, 2.75) is 0 Å². The number of methoxy groups -OCH3 is 1. The first kappa shape index (κ1) is 11.9. The monoisotopic (exact) mass is 250 g/mol. The number of rotatable bonds is 3. The minimum absolute atomic E-state index is 0.411. The SMILES string of the molecule is COc1ccccc1OS(F)(F)(F)(F)F. The van der Waals surface area contributed by atoms with Gasteiger partial charge in [-0.2, -0.15) is 0 Å². The Morgan fingerprint density at radius 1 is 0.933 bits per heavy atom. The average molecular weight is 250 g/mol. The van der Waals surface area contributed by atoms with Gasteiger partial charge >= 0.3 is 10.5 Å². The number of benzene rings is 1. The van der Waals surface area contributed by atoms with Crippen LogP contribution in [0.15, 0.2) is 24.3 Å². The fourth-order valence-electron chi connectivity index (χ4n) is 0.857. The highest BCUT2D eigenvalue weighted by atomic mass is 32.5. The largest absolute Gasteiger partial charge is 0.493 e. The lowest BCUT2D eigenvalue weighted by Gasteiger charge is -2.39. The maximum absolute atomic E-state index is 11.9. The first-order valence-electron chi connectivity index (χ1n) is 3.58. The summed E-state index contributed by atoms with van der Waals surface area (Å²) in [4.78, 5) is 0. The van der Waals surface area contributed by atoms with E-state index in [1.54, 1.807) is 0 Å². The Bertz CT molecular complexity index is 373. The van der Waals surface area contributed by atoms with Crippen LogP contribution in [0.1, 0.15) is 0 Å². The van der Waals surface area contributed by atoms with Crippen molar-refractivity contribution in [3.05, 3.63) is 24.3 Å². The maximum atomic E-state index is 11.9. The number of halogens is 5. The molecule has 1 aromatic rings. The molecule has 0 saturated heterocycles. The van der Waals surface area contributed by atoms with Crippen LogP contribution in [0, 0.1) is 0 Å². The van der Waals surface area contributed by atoms with E-state index in [1.165, 1.54) is 6.07 Å². The molecule has 0 aliphatic heterocycles. The van der Waals surface area contributed by atoms with E-state index in [0.717, 1.165) is 25.3 Å². The second-order valence-corrected chi connectivity index (χ2v) is 4.60. The minimum Gasteiger partial charge on any atom is -0.493 e. The van der Waals surface area contributed by atoms with Crippen LogP contribution in [-0.2, 0) is 0 Å². The van der Waals surface area contributed by atoms with Crippen LogP contribution in [0.5, 0.6) is 11.5 Å². The number of hydrogen-bond donors (Lipinski definition) is 0. The zero-order valence-corrected chi connectivity index (χ0v) is 8.24. The molecule has 0 saturated carbocycles. The van der Waals surface area contributed by atoms with Crippen LogP contribution >= 0.6 is 10.5 Å². The summed E-state index contributed by atoms with van der Waals surface area (Å²) in [6.07, 6.45) is 0. The van der Waals surface area contributed by atoms with Gasteiger partial charge in [0.15, 0.2) is 11.5 Å². The first-order valence-corrected chi connectivity index (χ1v) is 5.46. The Balaban J connectivity index is 3.11. The molecule has 0 fully saturated rings. The summed E-state index contributed by atoms with van der Waals surface area (Å²) >= 11 is 0. The van der Waals surface area contributed by atoms with E-state index < -0.39 is 22.0 Å². The van der Waals surface area contributed by atoms with E-state index >= 15 is 0 Å². The molecule has 0 bridgehead atoms. The van der Waals surface area contributed by atoms with Gasteiger partial charge in [-0.15, -0.1) is 0 Å². The fourth-order valence-corrected chi connectivity index (χ4v) is 1.33. The third kappa shape index (κ3) is 4.24. The standard InChI is InChI=1S/C7H7F5O2S/c1-13-6-4-2-3-5-7(6)14-15(8,9,10,11)12/h2-5H,1H3. The predicted octanol–water partition coefficient (Wildman–Crippen LogP) is 4.29. The smallest absolute Gasteiger partial charge is 0.435 e. The summed E-state index contributed by atoms with van der Waals surface area (Å²) in [5, 5.41) is 0. The van der Waals surface area contributed by atoms with Crippen LogP contribution in [0.2, 0.25) is 0 Å². The van der Waals surface area contributed by atoms with Gasteiger partial charge in [-0.25, -0.2) is 0 Å². The summed E-state index contributed by atoms with van der Waals surface area (Å²) in [6.45, 7) is 0. The molecule has 8 heteroatoms. The maximum Gasteiger partial charge on any atom is 0.435 e. The van der Waals surface area contributed by atoms with Crippen LogP contribution in [-0.4, -0.2) is 7.11 Å². The Morgan fingerprint density at radius 2 is 1.40 bits per heavy atom. The van der Waals surface area contributed by atoms with Gasteiger partial charge in [0.2, 0.25) is 0 Å². The molecule has 0 aliphatic rings. The number of ether oxygens (including phenoxy) is 1. The Labute approximate surface area is 82.5 Å². The van der Waals surface area contributed by atoms with Gasteiger partial charge in [-0.05, 0) is 12.1 Å². The highest BCUT2D eigenvalue weighted by molar-refractivity contribution is 8.42. The second-order valence-electron chi connectivity index (χ2n) is 2.63. The molecule has 2 nitrogen and oxygen atoms in total. The Hall–Kier alpha value is -1.18. The zero-order chi connectivity index (χ0) is 11.8. The quantitative estimate of drug-likeness (QED) is 0.745. The van der Waals surface area contributed by atoms with Crippen LogP contribution in [0.25, 0.3) is 0 Å². The molecule has 0 atom stereocenters. The molecule has 15 heavy (non-hydrogen) atoms. The molecule has 0 amide bonds. The van der Waals surface area contributed by atoms with Crippen molar-refractivity contribution in [1.82, 2.24) is 0 Å². The third-order valence-electron chi connectivity index (χ3n) is 1.32. The van der Waals surface area contributed by atoms with Crippen molar-refractivity contribution in [1.29, 1.82) is 0 Å². The van der Waals surface area contributed by atoms with Gasteiger partial charge in [-0.3, -0.25) is 0 Å². The van der Waals surface area contributed by atoms with E-state index in [9.17, 15) is 19.4 Å². The second kappa shape index (κ2) is 2.69. The highest BCUT2D eigenvalue weighted by Crippen LogP contribution is 2.97. The van der Waals surface area contributed by atoms with Crippen LogP contribution < -0.4 is 8.92 Å². The van der Waals surface area contributed by atoms with Gasteiger partial charge in [0.1, 0.15) is 0 Å². The summed E-state index contributed by atoms with van der Waals surface area (Å²) in [7, 11) is -8.87.